The number of fused-ring (bicyclic) bond motifs is 6. The van der Waals surface area contributed by atoms with E-state index in [1.54, 1.807) is 0 Å². The molecule has 9 rings (SSSR count). The summed E-state index contributed by atoms with van der Waals surface area (Å²) in [7, 11) is 0. The maximum absolute atomic E-state index is 5.35. The number of benzene rings is 7. The van der Waals surface area contributed by atoms with Gasteiger partial charge in [0.25, 0.3) is 0 Å². The van der Waals surface area contributed by atoms with Crippen LogP contribution in [0.5, 0.6) is 0 Å². The fourth-order valence-corrected chi connectivity index (χ4v) is 6.92. The first-order chi connectivity index (χ1) is 22.3. The topological polar surface area (TPSA) is 17.8 Å². The molecule has 0 fully saturated rings. The second kappa shape index (κ2) is 10.3. The fourth-order valence-electron chi connectivity index (χ4n) is 6.92. The highest BCUT2D eigenvalue weighted by atomic mass is 15.1. The van der Waals surface area contributed by atoms with Gasteiger partial charge in [-0.2, -0.15) is 0 Å². The van der Waals surface area contributed by atoms with Crippen molar-refractivity contribution in [3.8, 4) is 39.2 Å². The van der Waals surface area contributed by atoms with Crippen molar-refractivity contribution in [1.29, 1.82) is 0 Å². The summed E-state index contributed by atoms with van der Waals surface area (Å²) >= 11 is 0. The summed E-state index contributed by atoms with van der Waals surface area (Å²) in [6.07, 6.45) is 0. The van der Waals surface area contributed by atoms with Crippen LogP contribution >= 0.6 is 0 Å². The molecule has 0 spiro atoms. The number of nitrogens with zero attached hydrogens (tertiary/aromatic N) is 2. The maximum atomic E-state index is 5.35. The van der Waals surface area contributed by atoms with Crippen molar-refractivity contribution >= 4 is 43.5 Å². The van der Waals surface area contributed by atoms with E-state index in [1.165, 1.54) is 54.9 Å². The Labute approximate surface area is 261 Å². The predicted molar refractivity (Wildman–Crippen MR) is 190 cm³/mol. The Morgan fingerprint density at radius 3 is 1.60 bits per heavy atom. The van der Waals surface area contributed by atoms with Crippen LogP contribution in [0.2, 0.25) is 0 Å². The number of para-hydroxylation sites is 1. The summed E-state index contributed by atoms with van der Waals surface area (Å²) in [6, 6.07) is 60.8. The number of pyridine rings is 1. The highest BCUT2D eigenvalue weighted by Crippen LogP contribution is 2.43. The molecule has 2 heterocycles. The lowest BCUT2D eigenvalue weighted by Gasteiger charge is -2.14. The first-order valence-electron chi connectivity index (χ1n) is 15.4. The van der Waals surface area contributed by atoms with Crippen molar-refractivity contribution < 1.29 is 0 Å². The molecular formula is C43H28N2. The van der Waals surface area contributed by atoms with Gasteiger partial charge in [0.2, 0.25) is 0 Å². The molecule has 0 aliphatic heterocycles. The Balaban J connectivity index is 1.46. The normalized spacial score (nSPS) is 11.6. The number of aromatic nitrogens is 2. The van der Waals surface area contributed by atoms with Crippen molar-refractivity contribution in [2.24, 2.45) is 0 Å². The molecule has 0 saturated carbocycles. The van der Waals surface area contributed by atoms with Crippen molar-refractivity contribution in [3.05, 3.63) is 170 Å². The van der Waals surface area contributed by atoms with E-state index < -0.39 is 0 Å². The van der Waals surface area contributed by atoms with E-state index in [0.29, 0.717) is 0 Å². The van der Waals surface area contributed by atoms with E-state index in [1.807, 2.05) is 0 Å². The Hall–Kier alpha value is -5.99. The van der Waals surface area contributed by atoms with Crippen molar-refractivity contribution in [3.63, 3.8) is 0 Å². The minimum Gasteiger partial charge on any atom is -0.294 e. The first kappa shape index (κ1) is 25.5. The van der Waals surface area contributed by atoms with E-state index >= 15 is 0 Å². The molecule has 0 atom stereocenters. The van der Waals surface area contributed by atoms with Crippen LogP contribution in [0.15, 0.2) is 170 Å². The minimum absolute atomic E-state index is 0.909. The van der Waals surface area contributed by atoms with Gasteiger partial charge in [-0.3, -0.25) is 4.57 Å². The number of hydrogen-bond acceptors (Lipinski definition) is 1. The molecule has 0 amide bonds. The predicted octanol–water partition coefficient (Wildman–Crippen LogP) is 11.5. The van der Waals surface area contributed by atoms with Crippen molar-refractivity contribution in [2.45, 2.75) is 0 Å². The zero-order valence-corrected chi connectivity index (χ0v) is 24.6. The third kappa shape index (κ3) is 4.15. The molecule has 2 heteroatoms. The van der Waals surface area contributed by atoms with Crippen molar-refractivity contribution in [2.75, 3.05) is 0 Å². The Kier molecular flexibility index (Phi) is 5.85. The van der Waals surface area contributed by atoms with Gasteiger partial charge in [0.1, 0.15) is 5.82 Å². The van der Waals surface area contributed by atoms with Gasteiger partial charge in [-0.1, -0.05) is 146 Å². The van der Waals surface area contributed by atoms with E-state index in [2.05, 4.69) is 174 Å². The molecule has 7 aromatic carbocycles. The lowest BCUT2D eigenvalue weighted by atomic mass is 9.94. The first-order valence-corrected chi connectivity index (χ1v) is 15.4. The minimum atomic E-state index is 0.909. The molecule has 0 saturated heterocycles. The van der Waals surface area contributed by atoms with Crippen LogP contribution in [0.4, 0.5) is 0 Å². The molecule has 2 aromatic heterocycles. The zero-order valence-electron chi connectivity index (χ0n) is 24.6. The van der Waals surface area contributed by atoms with Crippen LogP contribution in [0.1, 0.15) is 0 Å². The van der Waals surface area contributed by atoms with Gasteiger partial charge in [0, 0.05) is 16.2 Å². The van der Waals surface area contributed by atoms with Crippen LogP contribution in [0, 0.1) is 0 Å². The second-order valence-electron chi connectivity index (χ2n) is 11.6. The third-order valence-electron chi connectivity index (χ3n) is 8.98. The van der Waals surface area contributed by atoms with Crippen LogP contribution in [-0.2, 0) is 0 Å². The largest absolute Gasteiger partial charge is 0.294 e. The van der Waals surface area contributed by atoms with Gasteiger partial charge in [-0.15, -0.1) is 0 Å². The number of rotatable bonds is 4. The fraction of sp³-hybridized carbons (Fsp3) is 0. The molecule has 2 nitrogen and oxygen atoms in total. The molecule has 0 unspecified atom stereocenters. The van der Waals surface area contributed by atoms with Crippen LogP contribution in [-0.4, -0.2) is 9.55 Å². The smallest absolute Gasteiger partial charge is 0.138 e. The van der Waals surface area contributed by atoms with Crippen LogP contribution < -0.4 is 0 Å². The molecule has 0 N–H and O–H groups in total. The SMILES string of the molecule is c1ccc(-c2ccc3c4c5ccccc5c(-c5ccccc5)cc4n(-c4cc(-c5ccccc5)c5ccccc5n4)c3c2)cc1. The van der Waals surface area contributed by atoms with E-state index in [4.69, 9.17) is 4.98 Å². The molecule has 0 aliphatic rings. The highest BCUT2D eigenvalue weighted by molar-refractivity contribution is 6.24. The van der Waals surface area contributed by atoms with E-state index in [0.717, 1.165) is 27.8 Å². The lowest BCUT2D eigenvalue weighted by molar-refractivity contribution is 1.10. The highest BCUT2D eigenvalue weighted by Gasteiger charge is 2.20. The van der Waals surface area contributed by atoms with Gasteiger partial charge >= 0.3 is 0 Å². The molecular weight excluding hydrogens is 544 g/mol. The van der Waals surface area contributed by atoms with E-state index in [-0.39, 0.29) is 0 Å². The maximum Gasteiger partial charge on any atom is 0.138 e. The summed E-state index contributed by atoms with van der Waals surface area (Å²) in [4.78, 5) is 5.35. The molecule has 210 valence electrons. The monoisotopic (exact) mass is 572 g/mol. The van der Waals surface area contributed by atoms with Gasteiger partial charge < -0.3 is 0 Å². The van der Waals surface area contributed by atoms with Gasteiger partial charge in [0.15, 0.2) is 0 Å². The van der Waals surface area contributed by atoms with Gasteiger partial charge in [0.05, 0.1) is 16.6 Å². The second-order valence-corrected chi connectivity index (χ2v) is 11.6. The standard InChI is InChI=1S/C43H28N2/c1-4-14-29(15-5-1)32-24-25-36-40(26-32)45(42-28-38(31-18-8-3-9-19-31)34-21-12-13-23-39(34)44-42)41-27-37(30-16-6-2-7-17-30)33-20-10-11-22-35(33)43(36)41/h1-28H. The van der Waals surface area contributed by atoms with E-state index in [9.17, 15) is 0 Å². The average molecular weight is 573 g/mol. The Bertz CT molecular complexity index is 2510. The quantitative estimate of drug-likeness (QED) is 0.205. The zero-order chi connectivity index (χ0) is 29.7. The lowest BCUT2D eigenvalue weighted by Crippen LogP contribution is -2.00. The molecule has 0 aliphatic carbocycles. The molecule has 45 heavy (non-hydrogen) atoms. The average Bonchev–Trinajstić information content (AvgIpc) is 3.45. The summed E-state index contributed by atoms with van der Waals surface area (Å²) in [6.45, 7) is 0. The van der Waals surface area contributed by atoms with Crippen LogP contribution in [0.25, 0.3) is 82.7 Å². The summed E-state index contributed by atoms with van der Waals surface area (Å²) < 4.78 is 2.38. The Morgan fingerprint density at radius 2 is 0.911 bits per heavy atom. The Morgan fingerprint density at radius 1 is 0.356 bits per heavy atom. The molecule has 0 radical (unpaired) electrons. The van der Waals surface area contributed by atoms with Gasteiger partial charge in [-0.25, -0.2) is 4.98 Å². The summed E-state index contributed by atoms with van der Waals surface area (Å²) in [5, 5.41) is 6.11. The summed E-state index contributed by atoms with van der Waals surface area (Å²) in [5.41, 5.74) is 10.4. The van der Waals surface area contributed by atoms with Gasteiger partial charge in [-0.05, 0) is 68.4 Å². The summed E-state index contributed by atoms with van der Waals surface area (Å²) in [5.74, 6) is 0.909. The number of hydrogen-bond donors (Lipinski definition) is 0. The molecule has 0 bridgehead atoms. The van der Waals surface area contributed by atoms with Crippen molar-refractivity contribution in [1.82, 2.24) is 9.55 Å². The van der Waals surface area contributed by atoms with Crippen LogP contribution in [0.3, 0.4) is 0 Å². The molecule has 9 aromatic rings. The third-order valence-corrected chi connectivity index (χ3v) is 8.98.